The molecule has 0 aliphatic heterocycles. The molecule has 0 aromatic rings. The van der Waals surface area contributed by atoms with E-state index in [4.69, 9.17) is 9.47 Å². The van der Waals surface area contributed by atoms with E-state index in [0.717, 1.165) is 0 Å². The molecule has 0 saturated heterocycles. The molecule has 0 fully saturated rings. The highest BCUT2D eigenvalue weighted by Crippen LogP contribution is 2.17. The Morgan fingerprint density at radius 2 is 1.58 bits per heavy atom. The van der Waals surface area contributed by atoms with Gasteiger partial charge in [0.2, 0.25) is 11.8 Å². The minimum Gasteiger partial charge on any atom is -0.382 e. The van der Waals surface area contributed by atoms with Gasteiger partial charge in [0, 0.05) is 26.6 Å². The van der Waals surface area contributed by atoms with Crippen molar-refractivity contribution in [2.45, 2.75) is 27.2 Å². The average Bonchev–Trinajstić information content (AvgIpc) is 2.28. The van der Waals surface area contributed by atoms with Gasteiger partial charge in [0.25, 0.3) is 0 Å². The van der Waals surface area contributed by atoms with E-state index in [1.165, 1.54) is 0 Å². The van der Waals surface area contributed by atoms with Crippen molar-refractivity contribution in [2.75, 3.05) is 40.0 Å². The van der Waals surface area contributed by atoms with E-state index in [1.54, 1.807) is 7.11 Å². The van der Waals surface area contributed by atoms with E-state index < -0.39 is 0 Å². The van der Waals surface area contributed by atoms with E-state index in [2.05, 4.69) is 10.6 Å². The molecule has 0 aliphatic carbocycles. The normalized spacial score (nSPS) is 11.2. The fraction of sp³-hybridized carbons (Fsp3) is 0.846. The zero-order chi connectivity index (χ0) is 14.7. The molecule has 0 heterocycles. The summed E-state index contributed by atoms with van der Waals surface area (Å²) in [4.78, 5) is 22.8. The van der Waals surface area contributed by atoms with Crippen LogP contribution in [0.1, 0.15) is 27.2 Å². The lowest BCUT2D eigenvalue weighted by Gasteiger charge is -2.17. The minimum absolute atomic E-state index is 0.00177. The molecule has 0 saturated carbocycles. The topological polar surface area (TPSA) is 76.7 Å². The van der Waals surface area contributed by atoms with Crippen LogP contribution < -0.4 is 10.6 Å². The standard InChI is InChI=1S/C13H26N2O4/c1-13(2,3)9-11(16)14-5-6-15-12(17)10-19-8-7-18-4/h5-10H2,1-4H3,(H,14,16)(H,15,17). The van der Waals surface area contributed by atoms with Crippen molar-refractivity contribution in [1.82, 2.24) is 10.6 Å². The number of hydrogen-bond donors (Lipinski definition) is 2. The molecular weight excluding hydrogens is 248 g/mol. The summed E-state index contributed by atoms with van der Waals surface area (Å²) in [5.41, 5.74) is -0.0253. The van der Waals surface area contributed by atoms with Gasteiger partial charge in [-0.3, -0.25) is 9.59 Å². The van der Waals surface area contributed by atoms with Crippen molar-refractivity contribution in [3.05, 3.63) is 0 Å². The number of carbonyl (C=O) groups excluding carboxylic acids is 2. The SMILES string of the molecule is COCCOCC(=O)NCCNC(=O)CC(C)(C)C. The van der Waals surface area contributed by atoms with Crippen molar-refractivity contribution < 1.29 is 19.1 Å². The van der Waals surface area contributed by atoms with Gasteiger partial charge in [0.1, 0.15) is 6.61 Å². The van der Waals surface area contributed by atoms with Crippen molar-refractivity contribution in [1.29, 1.82) is 0 Å². The number of nitrogens with one attached hydrogen (secondary N) is 2. The Morgan fingerprint density at radius 3 is 2.11 bits per heavy atom. The van der Waals surface area contributed by atoms with Gasteiger partial charge in [-0.25, -0.2) is 0 Å². The molecule has 0 atom stereocenters. The maximum Gasteiger partial charge on any atom is 0.246 e. The Kier molecular flexibility index (Phi) is 9.16. The van der Waals surface area contributed by atoms with E-state index in [9.17, 15) is 9.59 Å². The van der Waals surface area contributed by atoms with E-state index >= 15 is 0 Å². The zero-order valence-electron chi connectivity index (χ0n) is 12.4. The fourth-order valence-corrected chi connectivity index (χ4v) is 1.31. The van der Waals surface area contributed by atoms with Crippen LogP contribution in [-0.4, -0.2) is 51.8 Å². The van der Waals surface area contributed by atoms with Gasteiger partial charge in [-0.1, -0.05) is 20.8 Å². The van der Waals surface area contributed by atoms with Gasteiger partial charge in [0.15, 0.2) is 0 Å². The Balaban J connectivity index is 3.48. The van der Waals surface area contributed by atoms with Gasteiger partial charge in [0.05, 0.1) is 13.2 Å². The predicted octanol–water partition coefficient (Wildman–Crippen LogP) is 0.318. The lowest BCUT2D eigenvalue weighted by Crippen LogP contribution is -2.37. The highest BCUT2D eigenvalue weighted by Gasteiger charge is 2.15. The number of ether oxygens (including phenoxy) is 2. The van der Waals surface area contributed by atoms with Gasteiger partial charge >= 0.3 is 0 Å². The molecule has 6 heteroatoms. The summed E-state index contributed by atoms with van der Waals surface area (Å²) < 4.78 is 9.84. The van der Waals surface area contributed by atoms with Crippen LogP contribution >= 0.6 is 0 Å². The largest absolute Gasteiger partial charge is 0.382 e. The van der Waals surface area contributed by atoms with Crippen LogP contribution in [-0.2, 0) is 19.1 Å². The second kappa shape index (κ2) is 9.75. The van der Waals surface area contributed by atoms with Gasteiger partial charge in [-0.05, 0) is 5.41 Å². The molecule has 0 unspecified atom stereocenters. The number of carbonyl (C=O) groups is 2. The lowest BCUT2D eigenvalue weighted by molar-refractivity contribution is -0.126. The molecule has 2 amide bonds. The Hall–Kier alpha value is -1.14. The van der Waals surface area contributed by atoms with Crippen LogP contribution in [0.5, 0.6) is 0 Å². The van der Waals surface area contributed by atoms with Crippen LogP contribution in [0.3, 0.4) is 0 Å². The second-order valence-electron chi connectivity index (χ2n) is 5.48. The van der Waals surface area contributed by atoms with Crippen LogP contribution in [0.15, 0.2) is 0 Å². The summed E-state index contributed by atoms with van der Waals surface area (Å²) in [7, 11) is 1.57. The van der Waals surface area contributed by atoms with Gasteiger partial charge < -0.3 is 20.1 Å². The maximum atomic E-state index is 11.5. The number of methoxy groups -OCH3 is 1. The first-order valence-corrected chi connectivity index (χ1v) is 6.45. The summed E-state index contributed by atoms with van der Waals surface area (Å²) in [6.45, 7) is 7.73. The third-order valence-electron chi connectivity index (χ3n) is 2.13. The molecular formula is C13H26N2O4. The molecule has 0 spiro atoms. The Bertz CT molecular complexity index is 274. The summed E-state index contributed by atoms with van der Waals surface area (Å²) in [6, 6.07) is 0. The van der Waals surface area contributed by atoms with Crippen molar-refractivity contribution in [2.24, 2.45) is 5.41 Å². The molecule has 0 bridgehead atoms. The molecule has 2 N–H and O–H groups in total. The summed E-state index contributed by atoms with van der Waals surface area (Å²) >= 11 is 0. The van der Waals surface area contributed by atoms with Gasteiger partial charge in [-0.2, -0.15) is 0 Å². The highest BCUT2D eigenvalue weighted by molar-refractivity contribution is 5.78. The zero-order valence-corrected chi connectivity index (χ0v) is 12.4. The quantitative estimate of drug-likeness (QED) is 0.594. The smallest absolute Gasteiger partial charge is 0.246 e. The Labute approximate surface area is 115 Å². The summed E-state index contributed by atoms with van der Waals surface area (Å²) in [5, 5.41) is 5.41. The fourth-order valence-electron chi connectivity index (χ4n) is 1.31. The van der Waals surface area contributed by atoms with Crippen LogP contribution in [0.4, 0.5) is 0 Å². The second-order valence-corrected chi connectivity index (χ2v) is 5.48. The van der Waals surface area contributed by atoms with E-state index in [1.807, 2.05) is 20.8 Å². The monoisotopic (exact) mass is 274 g/mol. The third kappa shape index (κ3) is 13.1. The van der Waals surface area contributed by atoms with E-state index in [-0.39, 0.29) is 23.8 Å². The molecule has 0 rings (SSSR count). The molecule has 0 aromatic carbocycles. The molecule has 0 aromatic heterocycles. The first kappa shape index (κ1) is 17.9. The highest BCUT2D eigenvalue weighted by atomic mass is 16.5. The van der Waals surface area contributed by atoms with Gasteiger partial charge in [-0.15, -0.1) is 0 Å². The van der Waals surface area contributed by atoms with Crippen molar-refractivity contribution in [3.63, 3.8) is 0 Å². The van der Waals surface area contributed by atoms with Crippen LogP contribution in [0.2, 0.25) is 0 Å². The first-order chi connectivity index (χ1) is 8.85. The lowest BCUT2D eigenvalue weighted by atomic mass is 9.92. The molecule has 6 nitrogen and oxygen atoms in total. The minimum atomic E-state index is -0.193. The third-order valence-corrected chi connectivity index (χ3v) is 2.13. The molecule has 0 radical (unpaired) electrons. The average molecular weight is 274 g/mol. The van der Waals surface area contributed by atoms with Crippen LogP contribution in [0, 0.1) is 5.41 Å². The first-order valence-electron chi connectivity index (χ1n) is 6.45. The molecule has 0 aliphatic rings. The van der Waals surface area contributed by atoms with Crippen molar-refractivity contribution >= 4 is 11.8 Å². The summed E-state index contributed by atoms with van der Waals surface area (Å²) in [6.07, 6.45) is 0.473. The van der Waals surface area contributed by atoms with Crippen molar-refractivity contribution in [3.8, 4) is 0 Å². The van der Waals surface area contributed by atoms with E-state index in [0.29, 0.717) is 32.7 Å². The number of amides is 2. The molecule has 112 valence electrons. The van der Waals surface area contributed by atoms with Crippen LogP contribution in [0.25, 0.3) is 0 Å². The molecule has 19 heavy (non-hydrogen) atoms. The number of hydrogen-bond acceptors (Lipinski definition) is 4. The Morgan fingerprint density at radius 1 is 1.00 bits per heavy atom. The summed E-state index contributed by atoms with van der Waals surface area (Å²) in [5.74, 6) is -0.195. The predicted molar refractivity (Wildman–Crippen MR) is 72.8 cm³/mol. The maximum absolute atomic E-state index is 11.5. The number of rotatable bonds is 9.